The highest BCUT2D eigenvalue weighted by atomic mass is 32.1. The fourth-order valence-electron chi connectivity index (χ4n) is 1.52. The smallest absolute Gasteiger partial charge is 0.0991 e. The molecule has 0 aliphatic carbocycles. The molecular weight excluding hydrogens is 202 g/mol. The summed E-state index contributed by atoms with van der Waals surface area (Å²) in [6.07, 6.45) is 2.07. The Hall–Kier alpha value is -1.59. The van der Waals surface area contributed by atoms with Gasteiger partial charge in [-0.1, -0.05) is 18.2 Å². The molecule has 0 bridgehead atoms. The first-order chi connectivity index (χ1) is 7.38. The van der Waals surface area contributed by atoms with E-state index in [0.29, 0.717) is 0 Å². The van der Waals surface area contributed by atoms with E-state index >= 15 is 0 Å². The van der Waals surface area contributed by atoms with Gasteiger partial charge in [0.1, 0.15) is 0 Å². The molecule has 1 aromatic carbocycles. The molecule has 1 aromatic heterocycles. The Morgan fingerprint density at radius 3 is 2.80 bits per heavy atom. The minimum absolute atomic E-state index is 0.749. The number of nitrogens with zero attached hydrogens (tertiary/aromatic N) is 1. The van der Waals surface area contributed by atoms with Crippen LogP contribution < -0.4 is 0 Å². The van der Waals surface area contributed by atoms with Crippen molar-refractivity contribution in [2.75, 3.05) is 0 Å². The van der Waals surface area contributed by atoms with E-state index in [4.69, 9.17) is 5.26 Å². The fraction of sp³-hybridized carbons (Fsp3) is 0.154. The second-order valence-corrected chi connectivity index (χ2v) is 4.42. The molecule has 0 fully saturated rings. The Morgan fingerprint density at radius 2 is 2.07 bits per heavy atom. The van der Waals surface area contributed by atoms with Crippen LogP contribution in [0.4, 0.5) is 0 Å². The molecule has 1 nitrogen and oxygen atoms in total. The zero-order valence-electron chi connectivity index (χ0n) is 8.31. The van der Waals surface area contributed by atoms with Gasteiger partial charge in [0, 0.05) is 4.88 Å². The molecule has 0 N–H and O–H groups in total. The van der Waals surface area contributed by atoms with Gasteiger partial charge in [0.05, 0.1) is 11.6 Å². The van der Waals surface area contributed by atoms with E-state index < -0.39 is 0 Å². The van der Waals surface area contributed by atoms with Gasteiger partial charge in [0.25, 0.3) is 0 Å². The number of nitriles is 1. The van der Waals surface area contributed by atoms with Crippen LogP contribution in [0.1, 0.15) is 16.0 Å². The largest absolute Gasteiger partial charge is 0.192 e. The monoisotopic (exact) mass is 213 g/mol. The molecule has 0 saturated carbocycles. The Bertz CT molecular complexity index is 466. The van der Waals surface area contributed by atoms with Gasteiger partial charge < -0.3 is 0 Å². The van der Waals surface area contributed by atoms with Crippen molar-refractivity contribution in [3.8, 4) is 6.07 Å². The molecule has 2 heteroatoms. The van der Waals surface area contributed by atoms with Gasteiger partial charge in [-0.05, 0) is 42.0 Å². The average molecular weight is 213 g/mol. The summed E-state index contributed by atoms with van der Waals surface area (Å²) >= 11 is 1.79. The van der Waals surface area contributed by atoms with Gasteiger partial charge in [0.15, 0.2) is 0 Å². The average Bonchev–Trinajstić information content (AvgIpc) is 2.79. The number of hydrogen-bond acceptors (Lipinski definition) is 2. The molecule has 0 saturated heterocycles. The van der Waals surface area contributed by atoms with Crippen molar-refractivity contribution in [2.24, 2.45) is 0 Å². The van der Waals surface area contributed by atoms with Crippen LogP contribution in [0.2, 0.25) is 0 Å². The molecular formula is C13H11NS. The zero-order valence-corrected chi connectivity index (χ0v) is 9.13. The number of rotatable bonds is 3. The third kappa shape index (κ3) is 2.68. The van der Waals surface area contributed by atoms with Gasteiger partial charge in [-0.15, -0.1) is 11.3 Å². The first kappa shape index (κ1) is 9.95. The van der Waals surface area contributed by atoms with E-state index in [1.165, 1.54) is 10.4 Å². The maximum Gasteiger partial charge on any atom is 0.0991 e. The molecule has 0 spiro atoms. The van der Waals surface area contributed by atoms with Crippen molar-refractivity contribution in [2.45, 2.75) is 12.8 Å². The molecule has 0 aliphatic heterocycles. The lowest BCUT2D eigenvalue weighted by Crippen LogP contribution is -1.89. The highest BCUT2D eigenvalue weighted by Gasteiger charge is 1.97. The number of thiophene rings is 1. The number of benzene rings is 1. The minimum Gasteiger partial charge on any atom is -0.192 e. The molecule has 0 radical (unpaired) electrons. The van der Waals surface area contributed by atoms with Crippen LogP contribution in [0, 0.1) is 11.3 Å². The lowest BCUT2D eigenvalue weighted by molar-refractivity contribution is 0.980. The molecule has 0 unspecified atom stereocenters. The molecule has 0 atom stereocenters. The normalized spacial score (nSPS) is 9.80. The zero-order chi connectivity index (χ0) is 10.5. The molecule has 0 amide bonds. The first-order valence-electron chi connectivity index (χ1n) is 4.90. The standard InChI is InChI=1S/C13H11NS/c14-10-12-4-1-3-11(9-12)6-7-13-5-2-8-15-13/h1-5,8-9H,6-7H2. The van der Waals surface area contributed by atoms with Crippen LogP contribution >= 0.6 is 11.3 Å². The quantitative estimate of drug-likeness (QED) is 0.766. The minimum atomic E-state index is 0.749. The lowest BCUT2D eigenvalue weighted by Gasteiger charge is -1.99. The maximum absolute atomic E-state index is 8.77. The molecule has 1 heterocycles. The van der Waals surface area contributed by atoms with Crippen LogP contribution in [0.5, 0.6) is 0 Å². The van der Waals surface area contributed by atoms with Gasteiger partial charge in [0.2, 0.25) is 0 Å². The van der Waals surface area contributed by atoms with Crippen LogP contribution in [0.15, 0.2) is 41.8 Å². The van der Waals surface area contributed by atoms with Crippen molar-refractivity contribution in [1.82, 2.24) is 0 Å². The SMILES string of the molecule is N#Cc1cccc(CCc2cccs2)c1. The predicted octanol–water partition coefficient (Wildman–Crippen LogP) is 3.40. The lowest BCUT2D eigenvalue weighted by atomic mass is 10.1. The molecule has 15 heavy (non-hydrogen) atoms. The van der Waals surface area contributed by atoms with E-state index in [1.54, 1.807) is 11.3 Å². The summed E-state index contributed by atoms with van der Waals surface area (Å²) < 4.78 is 0. The third-order valence-corrected chi connectivity index (χ3v) is 3.23. The van der Waals surface area contributed by atoms with Gasteiger partial charge in [-0.3, -0.25) is 0 Å². The van der Waals surface area contributed by atoms with Crippen LogP contribution in [-0.4, -0.2) is 0 Å². The summed E-state index contributed by atoms with van der Waals surface area (Å²) in [5.41, 5.74) is 1.99. The highest BCUT2D eigenvalue weighted by Crippen LogP contribution is 2.13. The van der Waals surface area contributed by atoms with Crippen molar-refractivity contribution < 1.29 is 0 Å². The topological polar surface area (TPSA) is 23.8 Å². The van der Waals surface area contributed by atoms with E-state index in [2.05, 4.69) is 29.6 Å². The summed E-state index contributed by atoms with van der Waals surface area (Å²) in [5.74, 6) is 0. The Balaban J connectivity index is 2.02. The van der Waals surface area contributed by atoms with Crippen LogP contribution in [0.3, 0.4) is 0 Å². The van der Waals surface area contributed by atoms with E-state index in [0.717, 1.165) is 18.4 Å². The van der Waals surface area contributed by atoms with E-state index in [-0.39, 0.29) is 0 Å². The van der Waals surface area contributed by atoms with E-state index in [1.807, 2.05) is 18.2 Å². The van der Waals surface area contributed by atoms with Crippen LogP contribution in [-0.2, 0) is 12.8 Å². The van der Waals surface area contributed by atoms with Crippen molar-refractivity contribution in [3.63, 3.8) is 0 Å². The van der Waals surface area contributed by atoms with Crippen molar-refractivity contribution >= 4 is 11.3 Å². The third-order valence-electron chi connectivity index (χ3n) is 2.30. The van der Waals surface area contributed by atoms with E-state index in [9.17, 15) is 0 Å². The van der Waals surface area contributed by atoms with Crippen LogP contribution in [0.25, 0.3) is 0 Å². The Labute approximate surface area is 93.6 Å². The Morgan fingerprint density at radius 1 is 1.13 bits per heavy atom. The fourth-order valence-corrected chi connectivity index (χ4v) is 2.23. The molecule has 74 valence electrons. The van der Waals surface area contributed by atoms with Gasteiger partial charge >= 0.3 is 0 Å². The summed E-state index contributed by atoms with van der Waals surface area (Å²) in [4.78, 5) is 1.40. The summed E-state index contributed by atoms with van der Waals surface area (Å²) in [7, 11) is 0. The molecule has 2 rings (SSSR count). The highest BCUT2D eigenvalue weighted by molar-refractivity contribution is 7.09. The van der Waals surface area contributed by atoms with Crippen molar-refractivity contribution in [1.29, 1.82) is 5.26 Å². The van der Waals surface area contributed by atoms with Gasteiger partial charge in [-0.25, -0.2) is 0 Å². The predicted molar refractivity (Wildman–Crippen MR) is 62.9 cm³/mol. The first-order valence-corrected chi connectivity index (χ1v) is 5.78. The summed E-state index contributed by atoms with van der Waals surface area (Å²) in [6, 6.07) is 14.2. The second-order valence-electron chi connectivity index (χ2n) is 3.39. The van der Waals surface area contributed by atoms with Crippen molar-refractivity contribution in [3.05, 3.63) is 57.8 Å². The second kappa shape index (κ2) is 4.77. The number of aryl methyl sites for hydroxylation is 2. The van der Waals surface area contributed by atoms with Gasteiger partial charge in [-0.2, -0.15) is 5.26 Å². The number of hydrogen-bond donors (Lipinski definition) is 0. The summed E-state index contributed by atoms with van der Waals surface area (Å²) in [5, 5.41) is 10.9. The molecule has 0 aliphatic rings. The summed E-state index contributed by atoms with van der Waals surface area (Å²) in [6.45, 7) is 0. The molecule has 2 aromatic rings. The maximum atomic E-state index is 8.77. The Kier molecular flexibility index (Phi) is 3.16.